The minimum absolute atomic E-state index is 0.0667. The Labute approximate surface area is 318 Å². The third-order valence-corrected chi connectivity index (χ3v) is 10.4. The maximum absolute atomic E-state index is 12.9. The van der Waals surface area contributed by atoms with E-state index in [0.29, 0.717) is 12.8 Å². The zero-order chi connectivity index (χ0) is 38.0. The van der Waals surface area contributed by atoms with Crippen molar-refractivity contribution in [3.63, 3.8) is 0 Å². The molecule has 0 aliphatic heterocycles. The molecule has 52 heavy (non-hydrogen) atoms. The van der Waals surface area contributed by atoms with E-state index >= 15 is 0 Å². The van der Waals surface area contributed by atoms with Crippen molar-refractivity contribution in [1.82, 2.24) is 0 Å². The molecule has 0 spiro atoms. The molecule has 1 rings (SSSR count). The van der Waals surface area contributed by atoms with Crippen molar-refractivity contribution in [1.29, 1.82) is 0 Å². The topological polar surface area (TPSA) is 107 Å². The van der Waals surface area contributed by atoms with Crippen LogP contribution in [0.5, 0.6) is 0 Å². The normalized spacial score (nSPS) is 11.9. The van der Waals surface area contributed by atoms with E-state index in [9.17, 15) is 22.6 Å². The van der Waals surface area contributed by atoms with Crippen LogP contribution in [0.3, 0.4) is 0 Å². The second kappa shape index (κ2) is 33.1. The average molecular weight is 747 g/mol. The van der Waals surface area contributed by atoms with Gasteiger partial charge in [-0.15, -0.1) is 0 Å². The van der Waals surface area contributed by atoms with E-state index in [-0.39, 0.29) is 24.3 Å². The first-order valence-electron chi connectivity index (χ1n) is 21.1. The number of unbranched alkanes of at least 4 members (excludes halogenated alkanes) is 24. The Morgan fingerprint density at radius 2 is 0.827 bits per heavy atom. The highest BCUT2D eigenvalue weighted by molar-refractivity contribution is 7.85. The lowest BCUT2D eigenvalue weighted by molar-refractivity contribution is 0.0450. The van der Waals surface area contributed by atoms with Gasteiger partial charge in [0.25, 0.3) is 10.1 Å². The number of carbonyl (C=O) groups excluding carboxylic acids is 2. The van der Waals surface area contributed by atoms with E-state index in [1.54, 1.807) is 0 Å². The van der Waals surface area contributed by atoms with E-state index in [1.165, 1.54) is 122 Å². The molecule has 8 heteroatoms. The van der Waals surface area contributed by atoms with E-state index in [2.05, 4.69) is 38.2 Å². The minimum atomic E-state index is -4.57. The zero-order valence-electron chi connectivity index (χ0n) is 33.1. The van der Waals surface area contributed by atoms with Gasteiger partial charge in [0.05, 0.1) is 29.2 Å². The number of benzene rings is 1. The molecule has 0 fully saturated rings. The summed E-state index contributed by atoms with van der Waals surface area (Å²) < 4.78 is 43.8. The number of rotatable bonds is 35. The van der Waals surface area contributed by atoms with Crippen LogP contribution < -0.4 is 0 Å². The summed E-state index contributed by atoms with van der Waals surface area (Å²) in [5, 5.41) is 0. The Morgan fingerprint density at radius 3 is 1.19 bits per heavy atom. The predicted molar refractivity (Wildman–Crippen MR) is 216 cm³/mol. The summed E-state index contributed by atoms with van der Waals surface area (Å²) in [7, 11) is -4.57. The summed E-state index contributed by atoms with van der Waals surface area (Å²) in [5.74, 6) is -1.51. The van der Waals surface area contributed by atoms with Crippen molar-refractivity contribution in [2.24, 2.45) is 0 Å². The second-order valence-electron chi connectivity index (χ2n) is 14.3. The van der Waals surface area contributed by atoms with Crippen LogP contribution in [-0.2, 0) is 19.6 Å². The summed E-state index contributed by atoms with van der Waals surface area (Å²) >= 11 is 0. The Kier molecular flexibility index (Phi) is 30.3. The second-order valence-corrected chi connectivity index (χ2v) is 15.8. The van der Waals surface area contributed by atoms with Gasteiger partial charge in [-0.25, -0.2) is 9.59 Å². The van der Waals surface area contributed by atoms with Gasteiger partial charge >= 0.3 is 11.9 Å². The summed E-state index contributed by atoms with van der Waals surface area (Å²) in [5.41, 5.74) is -0.284. The van der Waals surface area contributed by atoms with Gasteiger partial charge in [-0.1, -0.05) is 154 Å². The molecular weight excluding hydrogens is 673 g/mol. The average Bonchev–Trinajstić information content (AvgIpc) is 3.13. The molecule has 0 heterocycles. The number of allylic oxidation sites excluding steroid dienone is 4. The van der Waals surface area contributed by atoms with Gasteiger partial charge in [-0.05, 0) is 82.4 Å². The summed E-state index contributed by atoms with van der Waals surface area (Å²) in [6.45, 7) is 4.88. The lowest BCUT2D eigenvalue weighted by atomic mass is 10.1. The molecule has 0 atom stereocenters. The summed E-state index contributed by atoms with van der Waals surface area (Å²) in [4.78, 5) is 25.3. The molecule has 0 unspecified atom stereocenters. The summed E-state index contributed by atoms with van der Waals surface area (Å²) in [6.07, 6.45) is 42.3. The van der Waals surface area contributed by atoms with Crippen LogP contribution in [0.2, 0.25) is 0 Å². The Hall–Kier alpha value is -2.45. The van der Waals surface area contributed by atoms with E-state index in [1.807, 2.05) is 0 Å². The lowest BCUT2D eigenvalue weighted by Crippen LogP contribution is -2.16. The van der Waals surface area contributed by atoms with Crippen LogP contribution >= 0.6 is 0 Å². The number of hydrogen-bond acceptors (Lipinski definition) is 6. The SMILES string of the molecule is CCCCCCCC/C=C/CCCCCCCCOC(=O)c1ccc(S(=O)(=O)O)cc1C(=O)OCCCCCCCC/C=C/CCCCCCCC. The van der Waals surface area contributed by atoms with Crippen LogP contribution in [0, 0.1) is 0 Å². The first kappa shape index (κ1) is 47.6. The highest BCUT2D eigenvalue weighted by atomic mass is 32.2. The number of ether oxygens (including phenoxy) is 2. The van der Waals surface area contributed by atoms with Crippen molar-refractivity contribution in [2.75, 3.05) is 13.2 Å². The number of carbonyl (C=O) groups is 2. The molecule has 0 saturated heterocycles. The van der Waals surface area contributed by atoms with Gasteiger partial charge < -0.3 is 9.47 Å². The quantitative estimate of drug-likeness (QED) is 0.0319. The molecule has 1 aromatic rings. The molecule has 0 aliphatic carbocycles. The Bertz CT molecular complexity index is 1200. The molecule has 0 aliphatic rings. The van der Waals surface area contributed by atoms with Crippen molar-refractivity contribution in [2.45, 2.75) is 199 Å². The molecule has 298 valence electrons. The van der Waals surface area contributed by atoms with Gasteiger partial charge in [0.1, 0.15) is 0 Å². The van der Waals surface area contributed by atoms with Crippen molar-refractivity contribution in [3.05, 3.63) is 53.6 Å². The first-order chi connectivity index (χ1) is 25.3. The van der Waals surface area contributed by atoms with Gasteiger partial charge in [0, 0.05) is 0 Å². The number of esters is 2. The fourth-order valence-electron chi connectivity index (χ4n) is 6.22. The van der Waals surface area contributed by atoms with Gasteiger partial charge in [0.15, 0.2) is 0 Å². The maximum Gasteiger partial charge on any atom is 0.339 e. The predicted octanol–water partition coefficient (Wildman–Crippen LogP) is 13.3. The van der Waals surface area contributed by atoms with Gasteiger partial charge in [-0.3, -0.25) is 4.55 Å². The van der Waals surface area contributed by atoms with Gasteiger partial charge in [0.2, 0.25) is 0 Å². The van der Waals surface area contributed by atoms with E-state index in [4.69, 9.17) is 9.47 Å². The van der Waals surface area contributed by atoms with Crippen LogP contribution in [-0.4, -0.2) is 38.1 Å². The monoisotopic (exact) mass is 747 g/mol. The fraction of sp³-hybridized carbons (Fsp3) is 0.727. The summed E-state index contributed by atoms with van der Waals surface area (Å²) in [6, 6.07) is 3.28. The molecule has 0 radical (unpaired) electrons. The first-order valence-corrected chi connectivity index (χ1v) is 22.5. The van der Waals surface area contributed by atoms with Crippen molar-refractivity contribution < 1.29 is 32.0 Å². The van der Waals surface area contributed by atoms with Gasteiger partial charge in [-0.2, -0.15) is 8.42 Å². The van der Waals surface area contributed by atoms with Crippen LogP contribution in [0.15, 0.2) is 47.4 Å². The standard InChI is InChI=1S/C44H74O7S/c1-3-5-7-9-11-13-15-17-19-21-23-25-27-29-31-33-37-50-43(45)41-36-35-40(52(47,48)49)39-42(41)44(46)51-38-34-32-30-28-26-24-22-20-18-16-14-12-10-8-6-4-2/h17-20,35-36,39H,3-16,21-34,37-38H2,1-2H3,(H,47,48,49)/b19-17+,20-18+. The van der Waals surface area contributed by atoms with Crippen molar-refractivity contribution >= 4 is 22.1 Å². The molecule has 1 aromatic carbocycles. The van der Waals surface area contributed by atoms with Crippen LogP contribution in [0.4, 0.5) is 0 Å². The van der Waals surface area contributed by atoms with Crippen LogP contribution in [0.1, 0.15) is 214 Å². The van der Waals surface area contributed by atoms with Crippen molar-refractivity contribution in [3.8, 4) is 0 Å². The van der Waals surface area contributed by atoms with Crippen LogP contribution in [0.25, 0.3) is 0 Å². The highest BCUT2D eigenvalue weighted by Gasteiger charge is 2.23. The zero-order valence-corrected chi connectivity index (χ0v) is 33.9. The Morgan fingerprint density at radius 1 is 0.500 bits per heavy atom. The molecule has 7 nitrogen and oxygen atoms in total. The molecule has 0 amide bonds. The third-order valence-electron chi connectivity index (χ3n) is 9.51. The molecule has 1 N–H and O–H groups in total. The molecule has 0 bridgehead atoms. The fourth-order valence-corrected chi connectivity index (χ4v) is 6.72. The van der Waals surface area contributed by atoms with E-state index in [0.717, 1.165) is 63.5 Å². The maximum atomic E-state index is 12.9. The number of hydrogen-bond donors (Lipinski definition) is 1. The largest absolute Gasteiger partial charge is 0.462 e. The minimum Gasteiger partial charge on any atom is -0.462 e. The molecule has 0 aromatic heterocycles. The third kappa shape index (κ3) is 26.3. The van der Waals surface area contributed by atoms with E-state index < -0.39 is 27.0 Å². The molecule has 0 saturated carbocycles. The smallest absolute Gasteiger partial charge is 0.339 e. The Balaban J connectivity index is 2.26. The molecular formula is C44H74O7S. The lowest BCUT2D eigenvalue weighted by Gasteiger charge is -2.11. The highest BCUT2D eigenvalue weighted by Crippen LogP contribution is 2.20.